The third-order valence-corrected chi connectivity index (χ3v) is 6.10. The molecule has 0 aromatic heterocycles. The second kappa shape index (κ2) is 6.82. The molecular weight excluding hydrogens is 318 g/mol. The van der Waals surface area contributed by atoms with E-state index < -0.39 is 15.1 Å². The van der Waals surface area contributed by atoms with Crippen molar-refractivity contribution in [2.24, 2.45) is 5.73 Å². The monoisotopic (exact) mass is 337 g/mol. The number of sulfone groups is 1. The molecule has 0 aliphatic rings. The summed E-state index contributed by atoms with van der Waals surface area (Å²) in [6.45, 7) is 4.23. The molecule has 0 saturated carbocycles. The lowest BCUT2D eigenvalue weighted by Crippen LogP contribution is -2.22. The van der Waals surface area contributed by atoms with Crippen LogP contribution in [0.25, 0.3) is 0 Å². The zero-order chi connectivity index (χ0) is 16.3. The van der Waals surface area contributed by atoms with E-state index in [9.17, 15) is 8.42 Å². The van der Waals surface area contributed by atoms with Crippen molar-refractivity contribution in [1.29, 1.82) is 0 Å². The van der Waals surface area contributed by atoms with Gasteiger partial charge in [-0.25, -0.2) is 8.42 Å². The maximum Gasteiger partial charge on any atom is 0.186 e. The molecule has 0 amide bonds. The van der Waals surface area contributed by atoms with Crippen molar-refractivity contribution in [2.45, 2.75) is 29.9 Å². The van der Waals surface area contributed by atoms with Crippen molar-refractivity contribution < 1.29 is 8.42 Å². The first-order valence-corrected chi connectivity index (χ1v) is 9.08. The Kier molecular flexibility index (Phi) is 5.27. The van der Waals surface area contributed by atoms with Gasteiger partial charge in [-0.15, -0.1) is 0 Å². The highest BCUT2D eigenvalue weighted by molar-refractivity contribution is 7.91. The molecule has 2 rings (SSSR count). The number of benzene rings is 2. The second-order valence-electron chi connectivity index (χ2n) is 5.54. The molecule has 0 saturated heterocycles. The van der Waals surface area contributed by atoms with Gasteiger partial charge in [0, 0.05) is 11.6 Å². The molecule has 2 aromatic carbocycles. The predicted octanol–water partition coefficient (Wildman–Crippen LogP) is 3.94. The Morgan fingerprint density at radius 3 is 1.91 bits per heavy atom. The van der Waals surface area contributed by atoms with E-state index in [1.165, 1.54) is 17.7 Å². The fourth-order valence-corrected chi connectivity index (χ4v) is 4.06. The summed E-state index contributed by atoms with van der Waals surface area (Å²) < 4.78 is 25.5. The van der Waals surface area contributed by atoms with Crippen LogP contribution in [0.2, 0.25) is 5.02 Å². The predicted molar refractivity (Wildman–Crippen MR) is 91.0 cm³/mol. The minimum atomic E-state index is -3.54. The summed E-state index contributed by atoms with van der Waals surface area (Å²) >= 11 is 5.82. The highest BCUT2D eigenvalue weighted by Gasteiger charge is 2.27. The van der Waals surface area contributed by atoms with Crippen LogP contribution in [0.3, 0.4) is 0 Å². The van der Waals surface area contributed by atoms with Gasteiger partial charge in [-0.1, -0.05) is 49.7 Å². The van der Waals surface area contributed by atoms with Gasteiger partial charge in [-0.2, -0.15) is 0 Å². The lowest BCUT2D eigenvalue weighted by Gasteiger charge is -2.17. The molecule has 2 N–H and O–H groups in total. The zero-order valence-electron chi connectivity index (χ0n) is 12.7. The maximum atomic E-state index is 12.8. The fraction of sp³-hybridized carbons (Fsp3) is 0.294. The molecule has 0 radical (unpaired) electrons. The minimum absolute atomic E-state index is 0.0337. The third-order valence-electron chi connectivity index (χ3n) is 3.71. The Morgan fingerprint density at radius 2 is 1.45 bits per heavy atom. The molecule has 0 heterocycles. The Hall–Kier alpha value is -1.36. The van der Waals surface area contributed by atoms with E-state index in [0.29, 0.717) is 16.5 Å². The highest BCUT2D eigenvalue weighted by Crippen LogP contribution is 2.29. The summed E-state index contributed by atoms with van der Waals surface area (Å²) in [5, 5.41) is -0.251. The molecule has 118 valence electrons. The summed E-state index contributed by atoms with van der Waals surface area (Å²) in [7, 11) is -3.54. The molecule has 0 unspecified atom stereocenters. The zero-order valence-corrected chi connectivity index (χ0v) is 14.2. The molecule has 0 spiro atoms. The van der Waals surface area contributed by atoms with Gasteiger partial charge < -0.3 is 5.73 Å². The third kappa shape index (κ3) is 3.51. The van der Waals surface area contributed by atoms with Gasteiger partial charge in [0.15, 0.2) is 9.84 Å². The topological polar surface area (TPSA) is 60.2 Å². The van der Waals surface area contributed by atoms with Crippen molar-refractivity contribution in [1.82, 2.24) is 0 Å². The average molecular weight is 338 g/mol. The summed E-state index contributed by atoms with van der Waals surface area (Å²) in [5.41, 5.74) is 7.63. The SMILES string of the molecule is CC(C)c1ccc([C@H](CN)S(=O)(=O)c2ccc(Cl)cc2)cc1. The lowest BCUT2D eigenvalue weighted by atomic mass is 10.0. The Labute approximate surface area is 137 Å². The lowest BCUT2D eigenvalue weighted by molar-refractivity contribution is 0.582. The van der Waals surface area contributed by atoms with E-state index in [0.717, 1.165) is 0 Å². The Balaban J connectivity index is 2.40. The second-order valence-corrected chi connectivity index (χ2v) is 8.11. The molecular formula is C17H20ClNO2S. The van der Waals surface area contributed by atoms with Gasteiger partial charge in [0.05, 0.1) is 4.90 Å². The molecule has 2 aromatic rings. The van der Waals surface area contributed by atoms with Crippen LogP contribution in [0.4, 0.5) is 0 Å². The number of nitrogens with two attached hydrogens (primary N) is 1. The Bertz CT molecular complexity index is 722. The van der Waals surface area contributed by atoms with Crippen molar-refractivity contribution in [3.63, 3.8) is 0 Å². The molecule has 1 atom stereocenters. The average Bonchev–Trinajstić information content (AvgIpc) is 2.48. The summed E-state index contributed by atoms with van der Waals surface area (Å²) in [5.74, 6) is 0.401. The van der Waals surface area contributed by atoms with Crippen LogP contribution in [-0.2, 0) is 9.84 Å². The maximum absolute atomic E-state index is 12.8. The van der Waals surface area contributed by atoms with Crippen LogP contribution >= 0.6 is 11.6 Å². The van der Waals surface area contributed by atoms with E-state index in [1.807, 2.05) is 24.3 Å². The summed E-state index contributed by atoms with van der Waals surface area (Å²) in [6.07, 6.45) is 0. The van der Waals surface area contributed by atoms with Crippen molar-refractivity contribution in [2.75, 3.05) is 6.54 Å². The molecule has 0 aliphatic heterocycles. The van der Waals surface area contributed by atoms with E-state index in [1.54, 1.807) is 12.1 Å². The van der Waals surface area contributed by atoms with Crippen molar-refractivity contribution >= 4 is 21.4 Å². The summed E-state index contributed by atoms with van der Waals surface area (Å²) in [4.78, 5) is 0.236. The van der Waals surface area contributed by atoms with Crippen molar-refractivity contribution in [3.05, 3.63) is 64.7 Å². The number of hydrogen-bond donors (Lipinski definition) is 1. The van der Waals surface area contributed by atoms with Crippen LogP contribution in [0.15, 0.2) is 53.4 Å². The molecule has 3 nitrogen and oxygen atoms in total. The largest absolute Gasteiger partial charge is 0.329 e. The Morgan fingerprint density at radius 1 is 0.955 bits per heavy atom. The first kappa shape index (κ1) is 17.0. The smallest absolute Gasteiger partial charge is 0.186 e. The summed E-state index contributed by atoms with van der Waals surface area (Å²) in [6, 6.07) is 13.8. The molecule has 0 fully saturated rings. The van der Waals surface area contributed by atoms with E-state index in [-0.39, 0.29) is 11.4 Å². The van der Waals surface area contributed by atoms with Gasteiger partial charge >= 0.3 is 0 Å². The normalized spacial score (nSPS) is 13.3. The van der Waals surface area contributed by atoms with Crippen LogP contribution in [0, 0.1) is 0 Å². The van der Waals surface area contributed by atoms with Gasteiger partial charge in [-0.3, -0.25) is 0 Å². The number of halogens is 1. The molecule has 22 heavy (non-hydrogen) atoms. The van der Waals surface area contributed by atoms with Crippen LogP contribution in [0.1, 0.15) is 36.1 Å². The van der Waals surface area contributed by atoms with Crippen LogP contribution in [-0.4, -0.2) is 15.0 Å². The van der Waals surface area contributed by atoms with Gasteiger partial charge in [0.25, 0.3) is 0 Å². The minimum Gasteiger partial charge on any atom is -0.329 e. The first-order valence-electron chi connectivity index (χ1n) is 7.15. The van der Waals surface area contributed by atoms with Gasteiger partial charge in [0.2, 0.25) is 0 Å². The highest BCUT2D eigenvalue weighted by atomic mass is 35.5. The number of hydrogen-bond acceptors (Lipinski definition) is 3. The molecule has 0 aliphatic carbocycles. The van der Waals surface area contributed by atoms with Crippen LogP contribution in [0.5, 0.6) is 0 Å². The van der Waals surface area contributed by atoms with E-state index in [2.05, 4.69) is 13.8 Å². The van der Waals surface area contributed by atoms with Gasteiger partial charge in [0.1, 0.15) is 5.25 Å². The van der Waals surface area contributed by atoms with E-state index in [4.69, 9.17) is 17.3 Å². The van der Waals surface area contributed by atoms with Crippen molar-refractivity contribution in [3.8, 4) is 0 Å². The van der Waals surface area contributed by atoms with Gasteiger partial charge in [-0.05, 0) is 41.3 Å². The first-order chi connectivity index (χ1) is 10.4. The number of rotatable bonds is 5. The fourth-order valence-electron chi connectivity index (χ4n) is 2.33. The van der Waals surface area contributed by atoms with Crippen LogP contribution < -0.4 is 5.73 Å². The molecule has 0 bridgehead atoms. The quantitative estimate of drug-likeness (QED) is 0.899. The van der Waals surface area contributed by atoms with E-state index >= 15 is 0 Å². The molecule has 5 heteroatoms. The standard InChI is InChI=1S/C17H20ClNO2S/c1-12(2)13-3-5-14(6-4-13)17(11-19)22(20,21)16-9-7-15(18)8-10-16/h3-10,12,17H,11,19H2,1-2H3/t17-/m0/s1.